The van der Waals surface area contributed by atoms with Crippen LogP contribution in [0.1, 0.15) is 233 Å². The first kappa shape index (κ1) is 43.9. The quantitative estimate of drug-likeness (QED) is 0.0544. The van der Waals surface area contributed by atoms with E-state index in [9.17, 15) is 0 Å². The Kier molecular flexibility index (Phi) is 40.8. The maximum Gasteiger partial charge on any atom is 0.158 e. The van der Waals surface area contributed by atoms with Crippen molar-refractivity contribution in [1.29, 1.82) is 0 Å². The van der Waals surface area contributed by atoms with Gasteiger partial charge in [-0.05, 0) is 25.9 Å². The first-order valence-electron chi connectivity index (χ1n) is 20.8. The second kappa shape index (κ2) is 40.9. The number of hydrogen-bond acceptors (Lipinski definition) is 3. The molecule has 0 amide bonds. The maximum absolute atomic E-state index is 6.17. The number of rotatable bonds is 40. The molecule has 44 heavy (non-hydrogen) atoms. The van der Waals surface area contributed by atoms with Crippen molar-refractivity contribution in [1.82, 2.24) is 5.32 Å². The second-order valence-electron chi connectivity index (χ2n) is 13.9. The summed E-state index contributed by atoms with van der Waals surface area (Å²) in [5.41, 5.74) is 0. The topological polar surface area (TPSA) is 30.5 Å². The number of hydrogen-bond donors (Lipinski definition) is 1. The Morgan fingerprint density at radius 3 is 0.841 bits per heavy atom. The van der Waals surface area contributed by atoms with E-state index in [-0.39, 0.29) is 6.29 Å². The fourth-order valence-electron chi connectivity index (χ4n) is 6.34. The van der Waals surface area contributed by atoms with Crippen molar-refractivity contribution in [2.75, 3.05) is 26.3 Å². The molecule has 0 bridgehead atoms. The predicted molar refractivity (Wildman–Crippen MR) is 198 cm³/mol. The zero-order valence-corrected chi connectivity index (χ0v) is 31.1. The SMILES string of the molecule is CCCCCCCCCCCCCCCCCCOC(CCNCC)OCCCCCCCCCCCCCCCCCC. The summed E-state index contributed by atoms with van der Waals surface area (Å²) in [6.45, 7) is 10.5. The summed E-state index contributed by atoms with van der Waals surface area (Å²) in [4.78, 5) is 0. The van der Waals surface area contributed by atoms with Gasteiger partial charge < -0.3 is 14.8 Å². The molecule has 0 atom stereocenters. The van der Waals surface area contributed by atoms with Crippen LogP contribution < -0.4 is 5.32 Å². The largest absolute Gasteiger partial charge is 0.353 e. The molecule has 0 heterocycles. The molecule has 0 saturated heterocycles. The van der Waals surface area contributed by atoms with Crippen molar-refractivity contribution >= 4 is 0 Å². The van der Waals surface area contributed by atoms with E-state index in [2.05, 4.69) is 26.1 Å². The molecule has 0 aromatic carbocycles. The van der Waals surface area contributed by atoms with E-state index in [0.29, 0.717) is 0 Å². The van der Waals surface area contributed by atoms with Gasteiger partial charge in [0.1, 0.15) is 0 Å². The van der Waals surface area contributed by atoms with Gasteiger partial charge in [-0.3, -0.25) is 0 Å². The summed E-state index contributed by atoms with van der Waals surface area (Å²) in [6.07, 6.45) is 46.1. The van der Waals surface area contributed by atoms with Crippen molar-refractivity contribution in [3.8, 4) is 0 Å². The molecule has 0 fully saturated rings. The molecule has 0 aliphatic rings. The van der Waals surface area contributed by atoms with E-state index in [1.54, 1.807) is 0 Å². The molecule has 0 aliphatic carbocycles. The van der Waals surface area contributed by atoms with Gasteiger partial charge in [0, 0.05) is 19.6 Å². The summed E-state index contributed by atoms with van der Waals surface area (Å²) >= 11 is 0. The molecule has 0 unspecified atom stereocenters. The van der Waals surface area contributed by atoms with E-state index in [1.165, 1.54) is 205 Å². The van der Waals surface area contributed by atoms with Gasteiger partial charge in [-0.15, -0.1) is 0 Å². The fourth-order valence-corrected chi connectivity index (χ4v) is 6.34. The monoisotopic (exact) mass is 624 g/mol. The lowest BCUT2D eigenvalue weighted by Crippen LogP contribution is -2.25. The molecule has 3 nitrogen and oxygen atoms in total. The zero-order valence-electron chi connectivity index (χ0n) is 31.1. The van der Waals surface area contributed by atoms with Crippen LogP contribution in [0.25, 0.3) is 0 Å². The van der Waals surface area contributed by atoms with Crippen LogP contribution >= 0.6 is 0 Å². The number of ether oxygens (including phenoxy) is 2. The normalized spacial score (nSPS) is 11.7. The molecular formula is C41H85NO2. The van der Waals surface area contributed by atoms with Gasteiger partial charge in [-0.2, -0.15) is 0 Å². The van der Waals surface area contributed by atoms with Gasteiger partial charge in [0.25, 0.3) is 0 Å². The minimum absolute atomic E-state index is 0.0262. The molecule has 3 heteroatoms. The third-order valence-electron chi connectivity index (χ3n) is 9.41. The average Bonchev–Trinajstić information content (AvgIpc) is 3.03. The maximum atomic E-state index is 6.17. The Morgan fingerprint density at radius 1 is 0.341 bits per heavy atom. The molecule has 0 rings (SSSR count). The Bertz CT molecular complexity index is 447. The van der Waals surface area contributed by atoms with Crippen molar-refractivity contribution in [2.24, 2.45) is 0 Å². The van der Waals surface area contributed by atoms with Crippen molar-refractivity contribution in [3.05, 3.63) is 0 Å². The summed E-state index contributed by atoms with van der Waals surface area (Å²) in [6, 6.07) is 0. The predicted octanol–water partition coefficient (Wildman–Crippen LogP) is 13.9. The lowest BCUT2D eigenvalue weighted by atomic mass is 10.0. The first-order chi connectivity index (χ1) is 21.8. The smallest absolute Gasteiger partial charge is 0.158 e. The Hall–Kier alpha value is -0.120. The summed E-state index contributed by atoms with van der Waals surface area (Å²) in [5.74, 6) is 0. The third-order valence-corrected chi connectivity index (χ3v) is 9.41. The molecule has 0 radical (unpaired) electrons. The van der Waals surface area contributed by atoms with Crippen LogP contribution in [-0.2, 0) is 9.47 Å². The van der Waals surface area contributed by atoms with E-state index in [1.807, 2.05) is 0 Å². The summed E-state index contributed by atoms with van der Waals surface area (Å²) in [5, 5.41) is 3.44. The van der Waals surface area contributed by atoms with E-state index >= 15 is 0 Å². The Labute approximate surface area is 279 Å². The third kappa shape index (κ3) is 38.1. The molecule has 1 N–H and O–H groups in total. The van der Waals surface area contributed by atoms with Crippen LogP contribution in [0, 0.1) is 0 Å². The highest BCUT2D eigenvalue weighted by Gasteiger charge is 2.09. The molecule has 0 aliphatic heterocycles. The van der Waals surface area contributed by atoms with E-state index in [4.69, 9.17) is 9.47 Å². The van der Waals surface area contributed by atoms with Crippen LogP contribution in [0.4, 0.5) is 0 Å². The molecular weight excluding hydrogens is 538 g/mol. The Balaban J connectivity index is 3.51. The van der Waals surface area contributed by atoms with Crippen LogP contribution in [-0.4, -0.2) is 32.6 Å². The van der Waals surface area contributed by atoms with Crippen LogP contribution in [0.3, 0.4) is 0 Å². The highest BCUT2D eigenvalue weighted by Crippen LogP contribution is 2.16. The summed E-state index contributed by atoms with van der Waals surface area (Å²) < 4.78 is 12.3. The molecule has 0 aromatic heterocycles. The fraction of sp³-hybridized carbons (Fsp3) is 1.00. The van der Waals surface area contributed by atoms with Crippen LogP contribution in [0.15, 0.2) is 0 Å². The van der Waals surface area contributed by atoms with E-state index in [0.717, 1.165) is 32.7 Å². The summed E-state index contributed by atoms with van der Waals surface area (Å²) in [7, 11) is 0. The van der Waals surface area contributed by atoms with Crippen LogP contribution in [0.5, 0.6) is 0 Å². The molecule has 0 spiro atoms. The lowest BCUT2D eigenvalue weighted by Gasteiger charge is -2.19. The van der Waals surface area contributed by atoms with Crippen molar-refractivity contribution in [3.63, 3.8) is 0 Å². The number of unbranched alkanes of at least 4 members (excludes halogenated alkanes) is 30. The van der Waals surface area contributed by atoms with Gasteiger partial charge in [-0.1, -0.05) is 213 Å². The van der Waals surface area contributed by atoms with Gasteiger partial charge >= 0.3 is 0 Å². The minimum Gasteiger partial charge on any atom is -0.353 e. The van der Waals surface area contributed by atoms with E-state index < -0.39 is 0 Å². The Morgan fingerprint density at radius 2 is 0.591 bits per heavy atom. The standard InChI is InChI=1S/C41H85NO2/c1-4-7-9-11-13-15-17-19-21-23-25-27-29-31-33-35-39-43-41(37-38-42-6-3)44-40-36-34-32-30-28-26-24-22-20-18-16-14-12-10-8-5-2/h41-42H,4-40H2,1-3H3. The van der Waals surface area contributed by atoms with Gasteiger partial charge in [0.15, 0.2) is 6.29 Å². The zero-order chi connectivity index (χ0) is 31.9. The van der Waals surface area contributed by atoms with Gasteiger partial charge in [-0.25, -0.2) is 0 Å². The van der Waals surface area contributed by atoms with Crippen molar-refractivity contribution < 1.29 is 9.47 Å². The molecule has 0 saturated carbocycles. The molecule has 0 aromatic rings. The van der Waals surface area contributed by atoms with Crippen molar-refractivity contribution in [2.45, 2.75) is 239 Å². The van der Waals surface area contributed by atoms with Gasteiger partial charge in [0.05, 0.1) is 0 Å². The average molecular weight is 624 g/mol. The van der Waals surface area contributed by atoms with Crippen LogP contribution in [0.2, 0.25) is 0 Å². The first-order valence-corrected chi connectivity index (χ1v) is 20.8. The highest BCUT2D eigenvalue weighted by atomic mass is 16.7. The number of nitrogens with one attached hydrogen (secondary N) is 1. The van der Waals surface area contributed by atoms with Gasteiger partial charge in [0.2, 0.25) is 0 Å². The lowest BCUT2D eigenvalue weighted by molar-refractivity contribution is -0.146. The highest BCUT2D eigenvalue weighted by molar-refractivity contribution is 4.54. The minimum atomic E-state index is -0.0262. The second-order valence-corrected chi connectivity index (χ2v) is 13.9. The molecule has 266 valence electrons.